The third-order valence-corrected chi connectivity index (χ3v) is 9.79. The number of halogens is 2. The zero-order valence-corrected chi connectivity index (χ0v) is 24.6. The second-order valence-corrected chi connectivity index (χ2v) is 12.7. The van der Waals surface area contributed by atoms with E-state index >= 15 is 0 Å². The molecule has 2 N–H and O–H groups in total. The van der Waals surface area contributed by atoms with Crippen LogP contribution in [0.5, 0.6) is 0 Å². The Kier molecular flexibility index (Phi) is 7.49. The maximum atomic E-state index is 14.8. The standard InChI is InChI=1S/C31H28Cl2N4O3S/c1-19(20-7-9-21(32)10-8-20)37-28(39)16-31(41-23-5-3-2-4-6-23,30(40)36-14-13-34-27(38)18-36)29(37)25-17-35-26-15-22(33)11-12-24(25)26/h2-12,15,17,19,29,35H,13-14,16,18H2,1H3,(H,34,38)/t19-,29-,31-/m1/s1. The Morgan fingerprint density at radius 1 is 1.02 bits per heavy atom. The maximum absolute atomic E-state index is 14.8. The lowest BCUT2D eigenvalue weighted by Crippen LogP contribution is -2.57. The first kappa shape index (κ1) is 27.7. The zero-order valence-electron chi connectivity index (χ0n) is 22.3. The molecule has 0 radical (unpaired) electrons. The molecule has 41 heavy (non-hydrogen) atoms. The highest BCUT2D eigenvalue weighted by atomic mass is 35.5. The summed E-state index contributed by atoms with van der Waals surface area (Å²) in [7, 11) is 0. The van der Waals surface area contributed by atoms with Gasteiger partial charge in [-0.2, -0.15) is 0 Å². The van der Waals surface area contributed by atoms with Crippen LogP contribution < -0.4 is 5.32 Å². The summed E-state index contributed by atoms with van der Waals surface area (Å²) in [6.45, 7) is 2.67. The molecule has 3 heterocycles. The van der Waals surface area contributed by atoms with Crippen molar-refractivity contribution in [2.45, 2.75) is 35.1 Å². The van der Waals surface area contributed by atoms with E-state index in [2.05, 4.69) is 10.3 Å². The summed E-state index contributed by atoms with van der Waals surface area (Å²) in [5.74, 6) is -0.578. The molecule has 2 saturated heterocycles. The fraction of sp³-hybridized carbons (Fsp3) is 0.258. The first-order chi connectivity index (χ1) is 19.8. The average molecular weight is 608 g/mol. The molecule has 0 aliphatic carbocycles. The van der Waals surface area contributed by atoms with Crippen molar-refractivity contribution in [3.63, 3.8) is 0 Å². The lowest BCUT2D eigenvalue weighted by atomic mass is 9.89. The Labute approximate surface area is 252 Å². The van der Waals surface area contributed by atoms with Crippen molar-refractivity contribution in [2.75, 3.05) is 19.6 Å². The molecule has 7 nitrogen and oxygen atoms in total. The molecule has 3 amide bonds. The second-order valence-electron chi connectivity index (χ2n) is 10.4. The molecular formula is C31H28Cl2N4O3S. The Balaban J connectivity index is 1.56. The van der Waals surface area contributed by atoms with Crippen LogP contribution in [0.4, 0.5) is 0 Å². The van der Waals surface area contributed by atoms with Crippen LogP contribution in [-0.4, -0.2) is 56.9 Å². The van der Waals surface area contributed by atoms with E-state index in [1.165, 1.54) is 11.8 Å². The van der Waals surface area contributed by atoms with Crippen LogP contribution in [-0.2, 0) is 14.4 Å². The van der Waals surface area contributed by atoms with Crippen LogP contribution in [0.3, 0.4) is 0 Å². The number of rotatable bonds is 6. The number of piperazine rings is 1. The number of carbonyl (C=O) groups is 3. The Morgan fingerprint density at radius 2 is 1.76 bits per heavy atom. The van der Waals surface area contributed by atoms with Crippen molar-refractivity contribution in [3.05, 3.63) is 100 Å². The van der Waals surface area contributed by atoms with Gasteiger partial charge in [0.25, 0.3) is 0 Å². The van der Waals surface area contributed by atoms with Crippen LogP contribution in [0.2, 0.25) is 10.0 Å². The lowest BCUT2D eigenvalue weighted by molar-refractivity contribution is -0.140. The van der Waals surface area contributed by atoms with Gasteiger partial charge in [0.15, 0.2) is 0 Å². The summed E-state index contributed by atoms with van der Waals surface area (Å²) in [5.41, 5.74) is 2.54. The number of carbonyl (C=O) groups excluding carboxylic acids is 3. The van der Waals surface area contributed by atoms with Crippen LogP contribution >= 0.6 is 35.0 Å². The van der Waals surface area contributed by atoms with Crippen LogP contribution in [0.1, 0.15) is 36.6 Å². The molecule has 0 spiro atoms. The molecule has 0 bridgehead atoms. The molecule has 1 aromatic heterocycles. The SMILES string of the molecule is C[C@H](c1ccc(Cl)cc1)N1C(=O)C[C@](Sc2ccccc2)(C(=O)N2CCNC(=O)C2)[C@H]1c1c[nH]c2cc(Cl)ccc12. The van der Waals surface area contributed by atoms with E-state index in [-0.39, 0.29) is 36.7 Å². The van der Waals surface area contributed by atoms with E-state index in [1.54, 1.807) is 17.0 Å². The Morgan fingerprint density at radius 3 is 2.49 bits per heavy atom. The average Bonchev–Trinajstić information content (AvgIpc) is 3.50. The van der Waals surface area contributed by atoms with Gasteiger partial charge < -0.3 is 20.1 Å². The molecule has 0 saturated carbocycles. The summed E-state index contributed by atoms with van der Waals surface area (Å²) in [4.78, 5) is 49.0. The zero-order chi connectivity index (χ0) is 28.7. The number of amides is 3. The number of aromatic amines is 1. The summed E-state index contributed by atoms with van der Waals surface area (Å²) in [5, 5.41) is 4.87. The molecule has 3 aromatic carbocycles. The number of nitrogens with zero attached hydrogens (tertiary/aromatic N) is 2. The molecule has 0 unspecified atom stereocenters. The van der Waals surface area contributed by atoms with E-state index in [9.17, 15) is 14.4 Å². The quantitative estimate of drug-likeness (QED) is 0.282. The largest absolute Gasteiger partial charge is 0.361 e. The Bertz CT molecular complexity index is 1630. The highest BCUT2D eigenvalue weighted by Crippen LogP contribution is 2.56. The molecule has 2 aliphatic rings. The number of hydrogen-bond acceptors (Lipinski definition) is 4. The number of aromatic nitrogens is 1. The molecule has 3 atom stereocenters. The van der Waals surface area contributed by atoms with Gasteiger partial charge in [0, 0.05) is 50.7 Å². The Hall–Kier alpha value is -3.46. The van der Waals surface area contributed by atoms with Crippen LogP contribution in [0.25, 0.3) is 10.9 Å². The van der Waals surface area contributed by atoms with Gasteiger partial charge in [-0.05, 0) is 48.9 Å². The van der Waals surface area contributed by atoms with Crippen molar-refractivity contribution in [1.82, 2.24) is 20.1 Å². The smallest absolute Gasteiger partial charge is 0.242 e. The van der Waals surface area contributed by atoms with E-state index < -0.39 is 10.8 Å². The van der Waals surface area contributed by atoms with E-state index in [1.807, 2.05) is 78.7 Å². The monoisotopic (exact) mass is 606 g/mol. The van der Waals surface area contributed by atoms with Gasteiger partial charge in [-0.1, -0.05) is 59.6 Å². The van der Waals surface area contributed by atoms with Gasteiger partial charge in [0.1, 0.15) is 4.75 Å². The van der Waals surface area contributed by atoms with Gasteiger partial charge >= 0.3 is 0 Å². The first-order valence-corrected chi connectivity index (χ1v) is 15.0. The third kappa shape index (κ3) is 5.09. The van der Waals surface area contributed by atoms with Crippen molar-refractivity contribution in [1.29, 1.82) is 0 Å². The van der Waals surface area contributed by atoms with Gasteiger partial charge in [-0.25, -0.2) is 0 Å². The summed E-state index contributed by atoms with van der Waals surface area (Å²) < 4.78 is -1.24. The molecule has 4 aromatic rings. The van der Waals surface area contributed by atoms with Gasteiger partial charge in [0.05, 0.1) is 25.0 Å². The summed E-state index contributed by atoms with van der Waals surface area (Å²) >= 11 is 13.9. The molecule has 6 rings (SSSR count). The number of benzene rings is 3. The fourth-order valence-corrected chi connectivity index (χ4v) is 7.75. The molecule has 2 fully saturated rings. The molecule has 10 heteroatoms. The second kappa shape index (κ2) is 11.1. The van der Waals surface area contributed by atoms with E-state index in [0.717, 1.165) is 26.9 Å². The molecule has 2 aliphatic heterocycles. The van der Waals surface area contributed by atoms with Gasteiger partial charge in [0.2, 0.25) is 17.7 Å². The normalized spacial score (nSPS) is 21.8. The molecular weight excluding hydrogens is 579 g/mol. The minimum atomic E-state index is -1.24. The minimum absolute atomic E-state index is 0.0215. The van der Waals surface area contributed by atoms with Gasteiger partial charge in [-0.3, -0.25) is 14.4 Å². The highest BCUT2D eigenvalue weighted by Gasteiger charge is 2.61. The third-order valence-electron chi connectivity index (χ3n) is 7.89. The van der Waals surface area contributed by atoms with Crippen molar-refractivity contribution < 1.29 is 14.4 Å². The number of fused-ring (bicyclic) bond motifs is 1. The number of nitrogens with one attached hydrogen (secondary N) is 2. The number of H-pyrrole nitrogens is 1. The highest BCUT2D eigenvalue weighted by molar-refractivity contribution is 8.01. The van der Waals surface area contributed by atoms with Crippen molar-refractivity contribution in [2.24, 2.45) is 0 Å². The predicted molar refractivity (Wildman–Crippen MR) is 162 cm³/mol. The maximum Gasteiger partial charge on any atom is 0.242 e. The van der Waals surface area contributed by atoms with Crippen molar-refractivity contribution in [3.8, 4) is 0 Å². The van der Waals surface area contributed by atoms with Gasteiger partial charge in [-0.15, -0.1) is 11.8 Å². The number of hydrogen-bond donors (Lipinski definition) is 2. The number of likely N-dealkylation sites (tertiary alicyclic amines) is 1. The fourth-order valence-electron chi connectivity index (χ4n) is 5.98. The van der Waals surface area contributed by atoms with E-state index in [0.29, 0.717) is 23.1 Å². The number of thioether (sulfide) groups is 1. The van der Waals surface area contributed by atoms with E-state index in [4.69, 9.17) is 23.2 Å². The predicted octanol–water partition coefficient (Wildman–Crippen LogP) is 6.00. The topological polar surface area (TPSA) is 85.5 Å². The summed E-state index contributed by atoms with van der Waals surface area (Å²) in [6, 6.07) is 21.6. The first-order valence-electron chi connectivity index (χ1n) is 13.4. The summed E-state index contributed by atoms with van der Waals surface area (Å²) in [6.07, 6.45) is 1.86. The lowest BCUT2D eigenvalue weighted by Gasteiger charge is -2.41. The van der Waals surface area contributed by atoms with Crippen molar-refractivity contribution >= 4 is 63.6 Å². The minimum Gasteiger partial charge on any atom is -0.361 e. The van der Waals surface area contributed by atoms with Crippen LogP contribution in [0.15, 0.2) is 83.9 Å². The van der Waals surface area contributed by atoms with Crippen LogP contribution in [0, 0.1) is 0 Å². The molecule has 210 valence electrons.